The Morgan fingerprint density at radius 3 is 2.87 bits per heavy atom. The molecular formula is C18H29N3O2. The standard InChI is InChI=1S/C18H29N3O2/c1-19(2)18(22)14-23-11-9-17-13-20(15-6-3-4-7-15)12-16-8-5-10-21(16)17/h5,8,10,15,17H,3-4,6-7,9,11-14H2,1-2H3/t17-/m0/s1. The molecule has 1 atom stereocenters. The zero-order chi connectivity index (χ0) is 16.2. The third-order valence-electron chi connectivity index (χ3n) is 5.23. The first kappa shape index (κ1) is 16.5. The van der Waals surface area contributed by atoms with Crippen molar-refractivity contribution in [2.75, 3.05) is 33.9 Å². The van der Waals surface area contributed by atoms with Crippen LogP contribution < -0.4 is 0 Å². The monoisotopic (exact) mass is 319 g/mol. The minimum atomic E-state index is 0.0304. The fourth-order valence-electron chi connectivity index (χ4n) is 3.84. The minimum absolute atomic E-state index is 0.0304. The molecule has 0 unspecified atom stereocenters. The lowest BCUT2D eigenvalue weighted by Gasteiger charge is -2.38. The third kappa shape index (κ3) is 3.96. The van der Waals surface area contributed by atoms with Gasteiger partial charge in [0.25, 0.3) is 0 Å². The van der Waals surface area contributed by atoms with E-state index in [0.717, 1.165) is 25.6 Å². The van der Waals surface area contributed by atoms with Crippen LogP contribution in [0.5, 0.6) is 0 Å². The molecule has 23 heavy (non-hydrogen) atoms. The number of hydrogen-bond donors (Lipinski definition) is 0. The van der Waals surface area contributed by atoms with Crippen LogP contribution >= 0.6 is 0 Å². The van der Waals surface area contributed by atoms with E-state index in [2.05, 4.69) is 27.8 Å². The summed E-state index contributed by atoms with van der Waals surface area (Å²) in [6.07, 6.45) is 8.61. The number of nitrogens with zero attached hydrogens (tertiary/aromatic N) is 3. The summed E-state index contributed by atoms with van der Waals surface area (Å²) in [4.78, 5) is 15.8. The van der Waals surface area contributed by atoms with Crippen LogP contribution in [0.3, 0.4) is 0 Å². The molecule has 0 aromatic carbocycles. The average molecular weight is 319 g/mol. The molecule has 0 N–H and O–H groups in total. The van der Waals surface area contributed by atoms with Gasteiger partial charge in [-0.3, -0.25) is 9.69 Å². The van der Waals surface area contributed by atoms with Gasteiger partial charge in [0.05, 0.1) is 0 Å². The number of rotatable bonds is 6. The van der Waals surface area contributed by atoms with E-state index in [1.807, 2.05) is 0 Å². The Hall–Kier alpha value is -1.33. The van der Waals surface area contributed by atoms with Gasteiger partial charge in [0, 0.05) is 57.8 Å². The van der Waals surface area contributed by atoms with Gasteiger partial charge in [-0.2, -0.15) is 0 Å². The molecule has 2 heterocycles. The number of amides is 1. The van der Waals surface area contributed by atoms with Crippen LogP contribution in [0, 0.1) is 0 Å². The molecule has 2 aliphatic rings. The smallest absolute Gasteiger partial charge is 0.248 e. The maximum Gasteiger partial charge on any atom is 0.248 e. The Balaban J connectivity index is 1.54. The van der Waals surface area contributed by atoms with E-state index < -0.39 is 0 Å². The number of hydrogen-bond acceptors (Lipinski definition) is 3. The topological polar surface area (TPSA) is 37.7 Å². The Morgan fingerprint density at radius 2 is 2.13 bits per heavy atom. The second-order valence-corrected chi connectivity index (χ2v) is 7.06. The summed E-state index contributed by atoms with van der Waals surface area (Å²) < 4.78 is 7.99. The van der Waals surface area contributed by atoms with Crippen molar-refractivity contribution >= 4 is 5.91 Å². The van der Waals surface area contributed by atoms with E-state index in [-0.39, 0.29) is 12.5 Å². The van der Waals surface area contributed by atoms with Crippen LogP contribution in [0.15, 0.2) is 18.3 Å². The molecule has 1 aliphatic heterocycles. The Bertz CT molecular complexity index is 520. The summed E-state index contributed by atoms with van der Waals surface area (Å²) in [7, 11) is 3.52. The van der Waals surface area contributed by atoms with Crippen molar-refractivity contribution in [3.05, 3.63) is 24.0 Å². The lowest BCUT2D eigenvalue weighted by atomic mass is 10.1. The number of aromatic nitrogens is 1. The molecule has 1 saturated carbocycles. The molecule has 0 saturated heterocycles. The fourth-order valence-corrected chi connectivity index (χ4v) is 3.84. The molecule has 5 heteroatoms. The van der Waals surface area contributed by atoms with Crippen molar-refractivity contribution in [3.8, 4) is 0 Å². The van der Waals surface area contributed by atoms with E-state index in [0.29, 0.717) is 12.6 Å². The summed E-state index contributed by atoms with van der Waals surface area (Å²) in [5.74, 6) is 0.0304. The van der Waals surface area contributed by atoms with Crippen LogP contribution in [-0.4, -0.2) is 60.2 Å². The molecule has 1 aliphatic carbocycles. The largest absolute Gasteiger partial charge is 0.372 e. The van der Waals surface area contributed by atoms with Crippen LogP contribution in [0.1, 0.15) is 43.8 Å². The van der Waals surface area contributed by atoms with Crippen molar-refractivity contribution < 1.29 is 9.53 Å². The molecule has 5 nitrogen and oxygen atoms in total. The fraction of sp³-hybridized carbons (Fsp3) is 0.722. The molecule has 128 valence electrons. The van der Waals surface area contributed by atoms with E-state index in [1.54, 1.807) is 19.0 Å². The quantitative estimate of drug-likeness (QED) is 0.755. The van der Waals surface area contributed by atoms with Gasteiger partial charge in [0.1, 0.15) is 6.61 Å². The normalized spacial score (nSPS) is 22.3. The van der Waals surface area contributed by atoms with E-state index in [4.69, 9.17) is 4.74 Å². The zero-order valence-electron chi connectivity index (χ0n) is 14.4. The van der Waals surface area contributed by atoms with Crippen LogP contribution in [0.4, 0.5) is 0 Å². The summed E-state index contributed by atoms with van der Waals surface area (Å²) >= 11 is 0. The van der Waals surface area contributed by atoms with E-state index in [9.17, 15) is 4.79 Å². The highest BCUT2D eigenvalue weighted by atomic mass is 16.5. The first-order chi connectivity index (χ1) is 11.1. The average Bonchev–Trinajstić information content (AvgIpc) is 3.21. The second-order valence-electron chi connectivity index (χ2n) is 7.06. The maximum absolute atomic E-state index is 11.6. The van der Waals surface area contributed by atoms with Crippen LogP contribution in [0.2, 0.25) is 0 Å². The first-order valence-electron chi connectivity index (χ1n) is 8.83. The van der Waals surface area contributed by atoms with Gasteiger partial charge in [0.15, 0.2) is 0 Å². The Labute approximate surface area is 139 Å². The summed E-state index contributed by atoms with van der Waals surface area (Å²) in [5.41, 5.74) is 1.41. The number of likely N-dealkylation sites (N-methyl/N-ethyl adjacent to an activating group) is 1. The third-order valence-corrected chi connectivity index (χ3v) is 5.23. The molecule has 0 radical (unpaired) electrons. The predicted molar refractivity (Wildman–Crippen MR) is 90.3 cm³/mol. The molecule has 1 aromatic rings. The first-order valence-corrected chi connectivity index (χ1v) is 8.83. The molecule has 0 bridgehead atoms. The van der Waals surface area contributed by atoms with E-state index >= 15 is 0 Å². The predicted octanol–water partition coefficient (Wildman–Crippen LogP) is 2.28. The highest BCUT2D eigenvalue weighted by molar-refractivity contribution is 5.76. The number of fused-ring (bicyclic) bond motifs is 1. The van der Waals surface area contributed by atoms with Crippen LogP contribution in [-0.2, 0) is 16.1 Å². The van der Waals surface area contributed by atoms with Gasteiger partial charge < -0.3 is 14.2 Å². The van der Waals surface area contributed by atoms with Gasteiger partial charge in [-0.25, -0.2) is 0 Å². The number of ether oxygens (including phenoxy) is 1. The molecule has 0 spiro atoms. The van der Waals surface area contributed by atoms with Crippen molar-refractivity contribution in [2.24, 2.45) is 0 Å². The summed E-state index contributed by atoms with van der Waals surface area (Å²) in [6.45, 7) is 3.01. The van der Waals surface area contributed by atoms with Gasteiger partial charge >= 0.3 is 0 Å². The Kier molecular flexibility index (Phi) is 5.38. The van der Waals surface area contributed by atoms with Gasteiger partial charge in [-0.15, -0.1) is 0 Å². The van der Waals surface area contributed by atoms with E-state index in [1.165, 1.54) is 31.4 Å². The lowest BCUT2D eigenvalue weighted by molar-refractivity contribution is -0.133. The van der Waals surface area contributed by atoms with Crippen molar-refractivity contribution in [3.63, 3.8) is 0 Å². The molecule has 1 aromatic heterocycles. The van der Waals surface area contributed by atoms with Crippen molar-refractivity contribution in [1.29, 1.82) is 0 Å². The molecular weight excluding hydrogens is 290 g/mol. The Morgan fingerprint density at radius 1 is 1.35 bits per heavy atom. The van der Waals surface area contributed by atoms with Crippen LogP contribution in [0.25, 0.3) is 0 Å². The lowest BCUT2D eigenvalue weighted by Crippen LogP contribution is -2.42. The van der Waals surface area contributed by atoms with Gasteiger partial charge in [-0.1, -0.05) is 12.8 Å². The van der Waals surface area contributed by atoms with Crippen molar-refractivity contribution in [2.45, 2.75) is 50.7 Å². The highest BCUT2D eigenvalue weighted by Crippen LogP contribution is 2.31. The molecule has 1 fully saturated rings. The molecule has 1 amide bonds. The number of carbonyl (C=O) groups excluding carboxylic acids is 1. The second kappa shape index (κ2) is 7.49. The molecule has 3 rings (SSSR count). The maximum atomic E-state index is 11.6. The number of carbonyl (C=O) groups is 1. The van der Waals surface area contributed by atoms with Gasteiger partial charge in [0.2, 0.25) is 5.91 Å². The minimum Gasteiger partial charge on any atom is -0.372 e. The van der Waals surface area contributed by atoms with Gasteiger partial charge in [-0.05, 0) is 31.4 Å². The van der Waals surface area contributed by atoms with Crippen molar-refractivity contribution in [1.82, 2.24) is 14.4 Å². The highest BCUT2D eigenvalue weighted by Gasteiger charge is 2.30. The zero-order valence-corrected chi connectivity index (χ0v) is 14.4. The summed E-state index contributed by atoms with van der Waals surface area (Å²) in [5, 5.41) is 0. The SMILES string of the molecule is CN(C)C(=O)COCC[C@H]1CN(C2CCCC2)Cc2cccn21. The summed E-state index contributed by atoms with van der Waals surface area (Å²) in [6, 6.07) is 5.61.